The van der Waals surface area contributed by atoms with Crippen LogP contribution in [0.2, 0.25) is 0 Å². The van der Waals surface area contributed by atoms with Gasteiger partial charge in [-0.15, -0.1) is 0 Å². The van der Waals surface area contributed by atoms with Crippen LogP contribution in [0.25, 0.3) is 0 Å². The fourth-order valence-corrected chi connectivity index (χ4v) is 2.09. The van der Waals surface area contributed by atoms with E-state index in [1.807, 2.05) is 20.8 Å². The maximum Gasteiger partial charge on any atom is 0.325 e. The molecule has 0 aromatic carbocycles. The summed E-state index contributed by atoms with van der Waals surface area (Å²) in [6, 6.07) is 0. The molecule has 0 saturated carbocycles. The van der Waals surface area contributed by atoms with E-state index in [2.05, 4.69) is 12.2 Å². The average molecular weight is 303 g/mol. The third-order valence-corrected chi connectivity index (χ3v) is 3.43. The molecular formula is C16H33NO4. The Labute approximate surface area is 129 Å². The van der Waals surface area contributed by atoms with Crippen LogP contribution in [-0.2, 0) is 19.0 Å². The van der Waals surface area contributed by atoms with Gasteiger partial charge in [0.15, 0.2) is 0 Å². The minimum absolute atomic E-state index is 0.121. The molecule has 21 heavy (non-hydrogen) atoms. The summed E-state index contributed by atoms with van der Waals surface area (Å²) in [7, 11) is 1.44. The van der Waals surface area contributed by atoms with Crippen LogP contribution < -0.4 is 5.32 Å². The molecule has 0 rings (SSSR count). The number of hydrogen-bond donors (Lipinski definition) is 1. The highest BCUT2D eigenvalue weighted by Crippen LogP contribution is 2.16. The highest BCUT2D eigenvalue weighted by Gasteiger charge is 2.32. The first-order valence-corrected chi connectivity index (χ1v) is 8.03. The summed E-state index contributed by atoms with van der Waals surface area (Å²) in [6.45, 7) is 10.8. The van der Waals surface area contributed by atoms with Crippen LogP contribution in [0.5, 0.6) is 0 Å². The Bertz CT molecular complexity index is 273. The summed E-state index contributed by atoms with van der Waals surface area (Å²) in [5.74, 6) is -0.193. The molecule has 0 aliphatic heterocycles. The Balaban J connectivity index is 3.95. The van der Waals surface area contributed by atoms with Crippen LogP contribution in [-0.4, -0.2) is 51.1 Å². The van der Waals surface area contributed by atoms with Gasteiger partial charge in [0, 0.05) is 13.2 Å². The molecule has 126 valence electrons. The van der Waals surface area contributed by atoms with E-state index in [1.165, 1.54) is 7.11 Å². The van der Waals surface area contributed by atoms with Gasteiger partial charge in [0.2, 0.25) is 0 Å². The van der Waals surface area contributed by atoms with Crippen molar-refractivity contribution >= 4 is 5.97 Å². The molecule has 2 unspecified atom stereocenters. The van der Waals surface area contributed by atoms with Crippen molar-refractivity contribution in [2.24, 2.45) is 0 Å². The fourth-order valence-electron chi connectivity index (χ4n) is 2.09. The third kappa shape index (κ3) is 9.06. The molecular weight excluding hydrogens is 270 g/mol. The minimum atomic E-state index is -0.596. The van der Waals surface area contributed by atoms with Crippen LogP contribution in [0.4, 0.5) is 0 Å². The minimum Gasteiger partial charge on any atom is -0.468 e. The Hall–Kier alpha value is -0.650. The van der Waals surface area contributed by atoms with E-state index in [4.69, 9.17) is 14.2 Å². The molecule has 0 amide bonds. The Morgan fingerprint density at radius 3 is 2.57 bits per heavy atom. The first-order valence-electron chi connectivity index (χ1n) is 8.03. The first kappa shape index (κ1) is 20.3. The summed E-state index contributed by atoms with van der Waals surface area (Å²) < 4.78 is 15.9. The number of carbonyl (C=O) groups is 1. The zero-order valence-electron chi connectivity index (χ0n) is 14.4. The number of carbonyl (C=O) groups excluding carboxylic acids is 1. The van der Waals surface area contributed by atoms with Crippen LogP contribution in [0.3, 0.4) is 0 Å². The second-order valence-electron chi connectivity index (χ2n) is 5.55. The molecule has 0 fully saturated rings. The monoisotopic (exact) mass is 303 g/mol. The molecule has 0 radical (unpaired) electrons. The Morgan fingerprint density at radius 2 is 2.00 bits per heavy atom. The summed E-state index contributed by atoms with van der Waals surface area (Å²) in [6.07, 6.45) is 3.71. The zero-order valence-corrected chi connectivity index (χ0v) is 14.4. The normalized spacial score (nSPS) is 15.5. The lowest BCUT2D eigenvalue weighted by Crippen LogP contribution is -2.50. The van der Waals surface area contributed by atoms with Crippen molar-refractivity contribution in [1.82, 2.24) is 5.32 Å². The van der Waals surface area contributed by atoms with Gasteiger partial charge in [0.05, 0.1) is 19.8 Å². The zero-order chi connectivity index (χ0) is 16.1. The summed E-state index contributed by atoms with van der Waals surface area (Å²) in [5.41, 5.74) is -0.596. The van der Waals surface area contributed by atoms with E-state index >= 15 is 0 Å². The predicted molar refractivity (Wildman–Crippen MR) is 84.5 cm³/mol. The van der Waals surface area contributed by atoms with Crippen LogP contribution in [0, 0.1) is 0 Å². The van der Waals surface area contributed by atoms with Crippen LogP contribution in [0.1, 0.15) is 53.4 Å². The van der Waals surface area contributed by atoms with E-state index < -0.39 is 5.54 Å². The van der Waals surface area contributed by atoms with Crippen molar-refractivity contribution in [1.29, 1.82) is 0 Å². The lowest BCUT2D eigenvalue weighted by atomic mass is 9.94. The molecule has 0 aliphatic rings. The molecule has 0 spiro atoms. The van der Waals surface area contributed by atoms with Crippen molar-refractivity contribution < 1.29 is 19.0 Å². The molecule has 0 aliphatic carbocycles. The first-order chi connectivity index (χ1) is 10.00. The predicted octanol–water partition coefficient (Wildman–Crippen LogP) is 2.53. The average Bonchev–Trinajstić information content (AvgIpc) is 2.49. The largest absolute Gasteiger partial charge is 0.468 e. The molecule has 2 atom stereocenters. The van der Waals surface area contributed by atoms with E-state index in [0.717, 1.165) is 32.2 Å². The molecule has 0 heterocycles. The fraction of sp³-hybridized carbons (Fsp3) is 0.938. The number of unbranched alkanes of at least 4 members (excludes halogenated alkanes) is 1. The van der Waals surface area contributed by atoms with Gasteiger partial charge in [-0.3, -0.25) is 4.79 Å². The number of rotatable bonds is 13. The quantitative estimate of drug-likeness (QED) is 0.418. The van der Waals surface area contributed by atoms with Gasteiger partial charge in [-0.25, -0.2) is 0 Å². The van der Waals surface area contributed by atoms with Gasteiger partial charge in [-0.1, -0.05) is 6.92 Å². The van der Waals surface area contributed by atoms with Crippen molar-refractivity contribution in [3.8, 4) is 0 Å². The number of hydrogen-bond acceptors (Lipinski definition) is 5. The smallest absolute Gasteiger partial charge is 0.325 e. The Morgan fingerprint density at radius 1 is 1.29 bits per heavy atom. The summed E-state index contributed by atoms with van der Waals surface area (Å²) in [4.78, 5) is 11.9. The molecule has 5 heteroatoms. The second-order valence-corrected chi connectivity index (χ2v) is 5.55. The van der Waals surface area contributed by atoms with E-state index in [9.17, 15) is 4.79 Å². The van der Waals surface area contributed by atoms with Gasteiger partial charge >= 0.3 is 5.97 Å². The SMILES string of the molecule is CCCNC(C)(CCCCOC(C)COCC)C(=O)OC. The third-order valence-electron chi connectivity index (χ3n) is 3.43. The van der Waals surface area contributed by atoms with Gasteiger partial charge in [-0.2, -0.15) is 0 Å². The second kappa shape index (κ2) is 12.0. The summed E-state index contributed by atoms with van der Waals surface area (Å²) in [5, 5.41) is 3.29. The van der Waals surface area contributed by atoms with Crippen LogP contribution in [0.15, 0.2) is 0 Å². The molecule has 0 aromatic rings. The summed E-state index contributed by atoms with van der Waals surface area (Å²) >= 11 is 0. The highest BCUT2D eigenvalue weighted by atomic mass is 16.5. The number of nitrogens with one attached hydrogen (secondary N) is 1. The lowest BCUT2D eigenvalue weighted by molar-refractivity contribution is -0.148. The number of esters is 1. The van der Waals surface area contributed by atoms with E-state index in [0.29, 0.717) is 19.8 Å². The standard InChI is InChI=1S/C16H33NO4/c1-6-11-17-16(4,15(18)19-5)10-8-9-12-21-14(3)13-20-7-2/h14,17H,6-13H2,1-5H3. The van der Waals surface area contributed by atoms with Gasteiger partial charge in [-0.05, 0) is 53.0 Å². The Kier molecular flexibility index (Phi) is 11.6. The van der Waals surface area contributed by atoms with Gasteiger partial charge in [0.1, 0.15) is 5.54 Å². The van der Waals surface area contributed by atoms with Crippen molar-refractivity contribution in [3.05, 3.63) is 0 Å². The highest BCUT2D eigenvalue weighted by molar-refractivity contribution is 5.80. The molecule has 5 nitrogen and oxygen atoms in total. The maximum atomic E-state index is 11.9. The molecule has 1 N–H and O–H groups in total. The number of methoxy groups -OCH3 is 1. The van der Waals surface area contributed by atoms with Crippen molar-refractivity contribution in [2.75, 3.05) is 33.5 Å². The van der Waals surface area contributed by atoms with Gasteiger partial charge in [0.25, 0.3) is 0 Å². The van der Waals surface area contributed by atoms with Crippen molar-refractivity contribution in [3.63, 3.8) is 0 Å². The lowest BCUT2D eigenvalue weighted by Gasteiger charge is -2.28. The number of ether oxygens (including phenoxy) is 3. The van der Waals surface area contributed by atoms with Crippen molar-refractivity contribution in [2.45, 2.75) is 65.0 Å². The topological polar surface area (TPSA) is 56.8 Å². The van der Waals surface area contributed by atoms with Gasteiger partial charge < -0.3 is 19.5 Å². The molecule has 0 saturated heterocycles. The van der Waals surface area contributed by atoms with E-state index in [-0.39, 0.29) is 12.1 Å². The molecule has 0 bridgehead atoms. The van der Waals surface area contributed by atoms with Crippen LogP contribution >= 0.6 is 0 Å². The van der Waals surface area contributed by atoms with E-state index in [1.54, 1.807) is 0 Å². The maximum absolute atomic E-state index is 11.9. The molecule has 0 aromatic heterocycles.